The Hall–Kier alpha value is -1.95. The maximum Gasteiger partial charge on any atom is 0.325 e. The molecule has 0 aliphatic heterocycles. The Kier molecular flexibility index (Phi) is 5.00. The molecule has 0 bridgehead atoms. The highest BCUT2D eigenvalue weighted by Crippen LogP contribution is 2.19. The quantitative estimate of drug-likeness (QED) is 0.581. The van der Waals surface area contributed by atoms with Crippen molar-refractivity contribution < 1.29 is 4.79 Å². The number of nitrogens with zero attached hydrogens (tertiary/aromatic N) is 1. The Labute approximate surface area is 134 Å². The topological polar surface area (TPSA) is 69.8 Å². The van der Waals surface area contributed by atoms with Crippen molar-refractivity contribution in [2.75, 3.05) is 6.54 Å². The minimum atomic E-state index is -0.179. The Balaban J connectivity index is 1.41. The number of benzene rings is 1. The van der Waals surface area contributed by atoms with Gasteiger partial charge in [0.15, 0.2) is 5.16 Å². The predicted molar refractivity (Wildman–Crippen MR) is 89.7 cm³/mol. The lowest BCUT2D eigenvalue weighted by Crippen LogP contribution is -2.32. The van der Waals surface area contributed by atoms with Crippen molar-refractivity contribution >= 4 is 29.0 Å². The molecule has 0 radical (unpaired) electrons. The molecular weight excluding hydrogens is 296 g/mol. The number of carbonyl (C=O) groups excluding carboxylic acids is 1. The normalized spacial score (nSPS) is 14.6. The van der Waals surface area contributed by atoms with E-state index < -0.39 is 0 Å². The Morgan fingerprint density at radius 3 is 3.05 bits per heavy atom. The van der Waals surface area contributed by atoms with Crippen molar-refractivity contribution in [2.24, 2.45) is 0 Å². The number of hydrogen-bond acceptors (Lipinski definition) is 3. The monoisotopic (exact) mass is 316 g/mol. The second kappa shape index (κ2) is 7.35. The van der Waals surface area contributed by atoms with Crippen LogP contribution in [0.4, 0.5) is 4.79 Å². The van der Waals surface area contributed by atoms with Crippen molar-refractivity contribution in [3.05, 3.63) is 35.9 Å². The molecule has 3 rings (SSSR count). The number of fused-ring (bicyclic) bond motifs is 1. The van der Waals surface area contributed by atoms with Crippen LogP contribution in [0.3, 0.4) is 0 Å². The molecule has 3 N–H and O–H groups in total. The number of hydrogen-bond donors (Lipinski definition) is 3. The van der Waals surface area contributed by atoms with Gasteiger partial charge in [-0.15, -0.1) is 0 Å². The molecule has 6 heteroatoms. The maximum absolute atomic E-state index is 11.8. The summed E-state index contributed by atoms with van der Waals surface area (Å²) in [6.07, 6.45) is 8.20. The molecule has 116 valence electrons. The zero-order valence-corrected chi connectivity index (χ0v) is 13.2. The summed E-state index contributed by atoms with van der Waals surface area (Å²) in [5.41, 5.74) is 3.34. The lowest BCUT2D eigenvalue weighted by Gasteiger charge is -2.12. The number of amides is 2. The predicted octanol–water partition coefficient (Wildman–Crippen LogP) is 3.76. The van der Waals surface area contributed by atoms with Gasteiger partial charge in [0.25, 0.3) is 0 Å². The summed E-state index contributed by atoms with van der Waals surface area (Å²) < 4.78 is 2.75. The van der Waals surface area contributed by atoms with Crippen LogP contribution < -0.4 is 10.0 Å². The molecule has 2 aromatic rings. The molecular formula is C16H20N4OS. The van der Waals surface area contributed by atoms with Gasteiger partial charge in [-0.05, 0) is 44.2 Å². The molecule has 0 fully saturated rings. The number of allylic oxidation sites excluding steroid dienone is 1. The highest BCUT2D eigenvalue weighted by atomic mass is 32.2. The van der Waals surface area contributed by atoms with Crippen molar-refractivity contribution in [3.63, 3.8) is 0 Å². The van der Waals surface area contributed by atoms with E-state index in [9.17, 15) is 4.79 Å². The van der Waals surface area contributed by atoms with E-state index in [1.54, 1.807) is 0 Å². The van der Waals surface area contributed by atoms with Crippen LogP contribution >= 0.6 is 11.9 Å². The summed E-state index contributed by atoms with van der Waals surface area (Å²) in [7, 11) is 0. The molecule has 0 atom stereocenters. The minimum Gasteiger partial charge on any atom is -0.337 e. The standard InChI is InChI=1S/C16H20N4OS/c21-15(17-11-10-12-6-2-1-3-7-12)20-22-16-18-13-8-4-5-9-14(13)19-16/h4-6,8-9H,1-3,7,10-11H2,(H,18,19)(H2,17,20,21). The van der Waals surface area contributed by atoms with E-state index in [1.807, 2.05) is 24.3 Å². The summed E-state index contributed by atoms with van der Waals surface area (Å²) in [5, 5.41) is 3.57. The SMILES string of the molecule is O=C(NCCC1=CCCCC1)NSc1nc2ccccc2[nH]1. The molecule has 0 saturated carbocycles. The number of para-hydroxylation sites is 2. The Bertz CT molecular complexity index is 647. The van der Waals surface area contributed by atoms with Crippen LogP contribution in [0.25, 0.3) is 11.0 Å². The lowest BCUT2D eigenvalue weighted by molar-refractivity contribution is 0.246. The lowest BCUT2D eigenvalue weighted by atomic mass is 9.97. The number of H-pyrrole nitrogens is 1. The second-order valence-electron chi connectivity index (χ2n) is 5.38. The van der Waals surface area contributed by atoms with Crippen LogP contribution in [-0.4, -0.2) is 22.5 Å². The van der Waals surface area contributed by atoms with E-state index in [4.69, 9.17) is 0 Å². The third kappa shape index (κ3) is 4.04. The Morgan fingerprint density at radius 2 is 2.23 bits per heavy atom. The fraction of sp³-hybridized carbons (Fsp3) is 0.375. The van der Waals surface area contributed by atoms with Gasteiger partial charge in [0, 0.05) is 18.5 Å². The highest BCUT2D eigenvalue weighted by Gasteiger charge is 2.07. The molecule has 1 aromatic heterocycles. The van der Waals surface area contributed by atoms with Crippen LogP contribution in [-0.2, 0) is 0 Å². The third-order valence-electron chi connectivity index (χ3n) is 3.72. The van der Waals surface area contributed by atoms with Crippen LogP contribution in [0.1, 0.15) is 32.1 Å². The summed E-state index contributed by atoms with van der Waals surface area (Å²) in [4.78, 5) is 19.3. The van der Waals surface area contributed by atoms with E-state index in [-0.39, 0.29) is 6.03 Å². The fourth-order valence-electron chi connectivity index (χ4n) is 2.58. The van der Waals surface area contributed by atoms with E-state index in [0.29, 0.717) is 11.7 Å². The number of imidazole rings is 1. The maximum atomic E-state index is 11.8. The summed E-state index contributed by atoms with van der Waals surface area (Å²) in [5.74, 6) is 0. The molecule has 1 aliphatic carbocycles. The first-order chi connectivity index (χ1) is 10.8. The molecule has 22 heavy (non-hydrogen) atoms. The first kappa shape index (κ1) is 15.0. The molecule has 2 amide bonds. The van der Waals surface area contributed by atoms with Gasteiger partial charge in [-0.1, -0.05) is 23.8 Å². The highest BCUT2D eigenvalue weighted by molar-refractivity contribution is 7.97. The zero-order valence-electron chi connectivity index (χ0n) is 12.4. The van der Waals surface area contributed by atoms with Gasteiger partial charge in [-0.25, -0.2) is 9.78 Å². The van der Waals surface area contributed by atoms with Crippen LogP contribution in [0.2, 0.25) is 0 Å². The van der Waals surface area contributed by atoms with Crippen LogP contribution in [0, 0.1) is 0 Å². The van der Waals surface area contributed by atoms with Crippen molar-refractivity contribution in [1.82, 2.24) is 20.0 Å². The summed E-state index contributed by atoms with van der Waals surface area (Å²) in [6.45, 7) is 0.679. The number of urea groups is 1. The van der Waals surface area contributed by atoms with Gasteiger partial charge in [-0.2, -0.15) is 0 Å². The fourth-order valence-corrected chi connectivity index (χ4v) is 3.14. The number of carbonyl (C=O) groups is 1. The molecule has 1 heterocycles. The molecule has 0 unspecified atom stereocenters. The van der Waals surface area contributed by atoms with E-state index in [0.717, 1.165) is 17.5 Å². The largest absolute Gasteiger partial charge is 0.337 e. The van der Waals surface area contributed by atoms with Gasteiger partial charge in [0.05, 0.1) is 11.0 Å². The average molecular weight is 316 g/mol. The zero-order chi connectivity index (χ0) is 15.2. The Morgan fingerprint density at radius 1 is 1.32 bits per heavy atom. The van der Waals surface area contributed by atoms with Crippen molar-refractivity contribution in [3.8, 4) is 0 Å². The van der Waals surface area contributed by atoms with Gasteiger partial charge >= 0.3 is 6.03 Å². The molecule has 5 nitrogen and oxygen atoms in total. The molecule has 1 aliphatic rings. The smallest absolute Gasteiger partial charge is 0.325 e. The first-order valence-corrected chi connectivity index (χ1v) is 8.46. The van der Waals surface area contributed by atoms with E-state index >= 15 is 0 Å². The van der Waals surface area contributed by atoms with Gasteiger partial charge in [-0.3, -0.25) is 4.72 Å². The number of aromatic nitrogens is 2. The van der Waals surface area contributed by atoms with E-state index in [1.165, 1.54) is 43.2 Å². The number of aromatic amines is 1. The number of rotatable bonds is 5. The van der Waals surface area contributed by atoms with Gasteiger partial charge in [0.1, 0.15) is 0 Å². The van der Waals surface area contributed by atoms with Crippen LogP contribution in [0.5, 0.6) is 0 Å². The third-order valence-corrected chi connectivity index (χ3v) is 4.40. The van der Waals surface area contributed by atoms with Crippen LogP contribution in [0.15, 0.2) is 41.1 Å². The first-order valence-electron chi connectivity index (χ1n) is 7.64. The second-order valence-corrected chi connectivity index (χ2v) is 6.17. The average Bonchev–Trinajstić information content (AvgIpc) is 2.97. The summed E-state index contributed by atoms with van der Waals surface area (Å²) >= 11 is 1.20. The van der Waals surface area contributed by atoms with E-state index in [2.05, 4.69) is 26.1 Å². The van der Waals surface area contributed by atoms with Gasteiger partial charge in [0.2, 0.25) is 0 Å². The number of nitrogens with one attached hydrogen (secondary N) is 3. The minimum absolute atomic E-state index is 0.179. The van der Waals surface area contributed by atoms with Crippen molar-refractivity contribution in [1.29, 1.82) is 0 Å². The molecule has 1 aromatic carbocycles. The molecule has 0 saturated heterocycles. The summed E-state index contributed by atoms with van der Waals surface area (Å²) in [6, 6.07) is 7.62. The molecule has 0 spiro atoms. The van der Waals surface area contributed by atoms with Gasteiger partial charge < -0.3 is 10.3 Å². The van der Waals surface area contributed by atoms with Crippen molar-refractivity contribution in [2.45, 2.75) is 37.3 Å².